The van der Waals surface area contributed by atoms with Crippen LogP contribution >= 0.6 is 27.5 Å². The average molecular weight is 529 g/mol. The largest absolute Gasteiger partial charge is 0.490 e. The van der Waals surface area contributed by atoms with Gasteiger partial charge in [-0.15, -0.1) is 0 Å². The van der Waals surface area contributed by atoms with E-state index in [1.165, 1.54) is 12.3 Å². The molecule has 0 unspecified atom stereocenters. The maximum Gasteiger partial charge on any atom is 0.417 e. The first kappa shape index (κ1) is 23.9. The highest BCUT2D eigenvalue weighted by atomic mass is 79.9. The van der Waals surface area contributed by atoms with Crippen molar-refractivity contribution in [3.8, 4) is 11.5 Å². The Morgan fingerprint density at radius 1 is 1.12 bits per heavy atom. The Morgan fingerprint density at radius 2 is 1.88 bits per heavy atom. The molecule has 1 heterocycles. The summed E-state index contributed by atoms with van der Waals surface area (Å²) in [6.07, 6.45) is -2.20. The number of nitrogens with zero attached hydrogens (tertiary/aromatic N) is 2. The second kappa shape index (κ2) is 10.7. The fourth-order valence-corrected chi connectivity index (χ4v) is 3.30. The molecule has 0 aliphatic rings. The number of hydrogen-bond donors (Lipinski definition) is 1. The predicted molar refractivity (Wildman–Crippen MR) is 122 cm³/mol. The number of pyridine rings is 1. The van der Waals surface area contributed by atoms with E-state index in [1.54, 1.807) is 24.3 Å². The van der Waals surface area contributed by atoms with E-state index in [1.807, 2.05) is 19.1 Å². The summed E-state index contributed by atoms with van der Waals surface area (Å²) in [5, 5.41) is 4.68. The van der Waals surface area contributed by atoms with Crippen LogP contribution in [-0.2, 0) is 12.8 Å². The monoisotopic (exact) mass is 527 g/mol. The van der Waals surface area contributed by atoms with Gasteiger partial charge < -0.3 is 9.47 Å². The first-order valence-electron chi connectivity index (χ1n) is 9.42. The van der Waals surface area contributed by atoms with Gasteiger partial charge in [-0.1, -0.05) is 23.7 Å². The van der Waals surface area contributed by atoms with Gasteiger partial charge in [0.15, 0.2) is 11.5 Å². The molecular formula is C22H18BrClF3N3O2. The molecule has 0 bridgehead atoms. The third-order valence-corrected chi connectivity index (χ3v) is 4.95. The van der Waals surface area contributed by atoms with Gasteiger partial charge in [0.05, 0.1) is 22.9 Å². The summed E-state index contributed by atoms with van der Waals surface area (Å²) in [4.78, 5) is 3.71. The third kappa shape index (κ3) is 6.61. The van der Waals surface area contributed by atoms with Crippen LogP contribution in [0.3, 0.4) is 0 Å². The van der Waals surface area contributed by atoms with Gasteiger partial charge in [-0.3, -0.25) is 5.43 Å². The molecule has 0 saturated heterocycles. The number of hydrogen-bond acceptors (Lipinski definition) is 5. The molecular weight excluding hydrogens is 511 g/mol. The highest BCUT2D eigenvalue weighted by molar-refractivity contribution is 9.10. The zero-order valence-electron chi connectivity index (χ0n) is 16.8. The Morgan fingerprint density at radius 3 is 2.50 bits per heavy atom. The minimum Gasteiger partial charge on any atom is -0.490 e. The number of aromatic nitrogens is 1. The van der Waals surface area contributed by atoms with E-state index >= 15 is 0 Å². The smallest absolute Gasteiger partial charge is 0.417 e. The topological polar surface area (TPSA) is 55.7 Å². The van der Waals surface area contributed by atoms with Crippen LogP contribution in [0.25, 0.3) is 0 Å². The van der Waals surface area contributed by atoms with E-state index in [9.17, 15) is 13.2 Å². The second-order valence-electron chi connectivity index (χ2n) is 6.48. The summed E-state index contributed by atoms with van der Waals surface area (Å²) in [5.74, 6) is 1.24. The summed E-state index contributed by atoms with van der Waals surface area (Å²) in [5.41, 5.74) is 3.40. The Labute approximate surface area is 196 Å². The predicted octanol–water partition coefficient (Wildman–Crippen LogP) is 6.94. The number of alkyl halides is 3. The molecule has 0 saturated carbocycles. The van der Waals surface area contributed by atoms with Crippen LogP contribution in [-0.4, -0.2) is 17.8 Å². The van der Waals surface area contributed by atoms with Crippen molar-refractivity contribution in [3.05, 3.63) is 80.9 Å². The number of hydrazone groups is 1. The van der Waals surface area contributed by atoms with Crippen molar-refractivity contribution in [3.63, 3.8) is 0 Å². The molecule has 2 aromatic carbocycles. The van der Waals surface area contributed by atoms with Crippen LogP contribution in [0.5, 0.6) is 11.5 Å². The van der Waals surface area contributed by atoms with Crippen molar-refractivity contribution in [2.75, 3.05) is 12.0 Å². The molecule has 0 aliphatic heterocycles. The van der Waals surface area contributed by atoms with E-state index in [0.29, 0.717) is 39.8 Å². The molecule has 1 N–H and O–H groups in total. The van der Waals surface area contributed by atoms with Gasteiger partial charge >= 0.3 is 6.18 Å². The summed E-state index contributed by atoms with van der Waals surface area (Å²) in [7, 11) is 0. The fraction of sp³-hybridized carbons (Fsp3) is 0.182. The van der Waals surface area contributed by atoms with Gasteiger partial charge in [-0.05, 0) is 70.4 Å². The lowest BCUT2D eigenvalue weighted by Crippen LogP contribution is -2.05. The molecule has 3 rings (SSSR count). The standard InChI is InChI=1S/C22H18BrClF3N3O2/c1-2-31-19-10-15(11-29-30-20-8-5-16(12-28-20)22(25,26)27)9-18(23)21(19)32-13-14-3-6-17(24)7-4-14/h3-12H,2,13H2,1H3,(H,28,30)/b29-11-. The van der Waals surface area contributed by atoms with E-state index in [0.717, 1.165) is 17.8 Å². The third-order valence-electron chi connectivity index (χ3n) is 4.11. The lowest BCUT2D eigenvalue weighted by molar-refractivity contribution is -0.137. The Balaban J connectivity index is 1.71. The van der Waals surface area contributed by atoms with Crippen molar-refractivity contribution >= 4 is 39.6 Å². The normalized spacial score (nSPS) is 11.6. The van der Waals surface area contributed by atoms with Crippen LogP contribution in [0.15, 0.2) is 64.3 Å². The van der Waals surface area contributed by atoms with E-state index < -0.39 is 11.7 Å². The first-order chi connectivity index (χ1) is 15.3. The molecule has 0 amide bonds. The Kier molecular flexibility index (Phi) is 7.98. The van der Waals surface area contributed by atoms with Gasteiger partial charge in [0.25, 0.3) is 0 Å². The Bertz CT molecular complexity index is 1080. The molecule has 10 heteroatoms. The number of benzene rings is 2. The SMILES string of the molecule is CCOc1cc(/C=N\Nc2ccc(C(F)(F)F)cn2)cc(Br)c1OCc1ccc(Cl)cc1. The first-order valence-corrected chi connectivity index (χ1v) is 10.6. The number of ether oxygens (including phenoxy) is 2. The minimum atomic E-state index is -4.44. The number of anilines is 1. The molecule has 32 heavy (non-hydrogen) atoms. The van der Waals surface area contributed by atoms with Crippen LogP contribution in [0, 0.1) is 0 Å². The molecule has 168 valence electrons. The maximum absolute atomic E-state index is 12.6. The molecule has 1 aromatic heterocycles. The highest BCUT2D eigenvalue weighted by Gasteiger charge is 2.30. The van der Waals surface area contributed by atoms with Gasteiger partial charge in [0.2, 0.25) is 0 Å². The Hall–Kier alpha value is -2.78. The van der Waals surface area contributed by atoms with Crippen LogP contribution in [0.4, 0.5) is 19.0 Å². The van der Waals surface area contributed by atoms with Crippen LogP contribution in [0.1, 0.15) is 23.6 Å². The number of rotatable bonds is 8. The van der Waals surface area contributed by atoms with Crippen molar-refractivity contribution < 1.29 is 22.6 Å². The zero-order chi connectivity index (χ0) is 23.1. The molecule has 0 fully saturated rings. The molecule has 0 atom stereocenters. The van der Waals surface area contributed by atoms with Crippen molar-refractivity contribution in [2.24, 2.45) is 5.10 Å². The van der Waals surface area contributed by atoms with Gasteiger partial charge in [0.1, 0.15) is 12.4 Å². The van der Waals surface area contributed by atoms with Crippen LogP contribution in [0.2, 0.25) is 5.02 Å². The van der Waals surface area contributed by atoms with E-state index in [-0.39, 0.29) is 5.82 Å². The zero-order valence-corrected chi connectivity index (χ0v) is 19.1. The minimum absolute atomic E-state index is 0.182. The summed E-state index contributed by atoms with van der Waals surface area (Å²) in [6, 6.07) is 13.0. The lowest BCUT2D eigenvalue weighted by atomic mass is 10.2. The van der Waals surface area contributed by atoms with E-state index in [4.69, 9.17) is 21.1 Å². The maximum atomic E-state index is 12.6. The van der Waals surface area contributed by atoms with Crippen LogP contribution < -0.4 is 14.9 Å². The average Bonchev–Trinajstić information content (AvgIpc) is 2.74. The number of nitrogens with one attached hydrogen (secondary N) is 1. The quantitative estimate of drug-likeness (QED) is 0.254. The summed E-state index contributed by atoms with van der Waals surface area (Å²) in [6.45, 7) is 2.61. The van der Waals surface area contributed by atoms with Crippen molar-refractivity contribution in [1.29, 1.82) is 0 Å². The summed E-state index contributed by atoms with van der Waals surface area (Å²) >= 11 is 9.40. The van der Waals surface area contributed by atoms with Crippen molar-refractivity contribution in [2.45, 2.75) is 19.7 Å². The molecule has 0 spiro atoms. The van der Waals surface area contributed by atoms with Gasteiger partial charge in [0, 0.05) is 11.2 Å². The molecule has 5 nitrogen and oxygen atoms in total. The highest BCUT2D eigenvalue weighted by Crippen LogP contribution is 2.37. The summed E-state index contributed by atoms with van der Waals surface area (Å²) < 4.78 is 50.1. The fourth-order valence-electron chi connectivity index (χ4n) is 2.60. The van der Waals surface area contributed by atoms with Crippen molar-refractivity contribution in [1.82, 2.24) is 4.98 Å². The number of halogens is 5. The lowest BCUT2D eigenvalue weighted by Gasteiger charge is -2.14. The van der Waals surface area contributed by atoms with Gasteiger partial charge in [-0.2, -0.15) is 18.3 Å². The van der Waals surface area contributed by atoms with E-state index in [2.05, 4.69) is 31.4 Å². The van der Waals surface area contributed by atoms with Gasteiger partial charge in [-0.25, -0.2) is 4.98 Å². The molecule has 3 aromatic rings. The molecule has 0 aliphatic carbocycles. The molecule has 0 radical (unpaired) electrons. The second-order valence-corrected chi connectivity index (χ2v) is 7.77.